The Morgan fingerprint density at radius 2 is 2.14 bits per heavy atom. The van der Waals surface area contributed by atoms with Crippen molar-refractivity contribution in [1.29, 1.82) is 0 Å². The fraction of sp³-hybridized carbons (Fsp3) is 0.857. The van der Waals surface area contributed by atoms with Crippen LogP contribution in [-0.4, -0.2) is 72.0 Å². The predicted molar refractivity (Wildman–Crippen MR) is 75.0 cm³/mol. The molecular formula is C14H23N3O4. The average molecular weight is 297 g/mol. The third-order valence-corrected chi connectivity index (χ3v) is 4.14. The Morgan fingerprint density at radius 1 is 1.38 bits per heavy atom. The molecule has 118 valence electrons. The minimum absolute atomic E-state index is 0.0464. The number of ether oxygens (including phenoxy) is 2. The summed E-state index contributed by atoms with van der Waals surface area (Å²) in [6.07, 6.45) is 0.121. The fourth-order valence-corrected chi connectivity index (χ4v) is 3.24. The molecule has 21 heavy (non-hydrogen) atoms. The first-order valence-corrected chi connectivity index (χ1v) is 7.53. The number of carbonyl (C=O) groups is 2. The quantitative estimate of drug-likeness (QED) is 0.775. The van der Waals surface area contributed by atoms with Crippen LogP contribution in [0, 0.1) is 0 Å². The molecule has 3 rings (SSSR count). The summed E-state index contributed by atoms with van der Waals surface area (Å²) in [6, 6.07) is 0.126. The summed E-state index contributed by atoms with van der Waals surface area (Å²) in [5, 5.41) is 3.26. The molecular weight excluding hydrogens is 274 g/mol. The normalized spacial score (nSPS) is 32.3. The lowest BCUT2D eigenvalue weighted by Crippen LogP contribution is -2.46. The summed E-state index contributed by atoms with van der Waals surface area (Å²) >= 11 is 0. The van der Waals surface area contributed by atoms with Gasteiger partial charge in [-0.2, -0.15) is 0 Å². The largest absolute Gasteiger partial charge is 0.444 e. The van der Waals surface area contributed by atoms with Crippen molar-refractivity contribution in [3.8, 4) is 0 Å². The van der Waals surface area contributed by atoms with Crippen LogP contribution in [0.15, 0.2) is 0 Å². The average Bonchev–Trinajstić information content (AvgIpc) is 3.01. The van der Waals surface area contributed by atoms with E-state index in [0.717, 1.165) is 19.5 Å². The summed E-state index contributed by atoms with van der Waals surface area (Å²) in [7, 11) is 0. The molecule has 0 spiro atoms. The van der Waals surface area contributed by atoms with Gasteiger partial charge in [-0.1, -0.05) is 0 Å². The van der Waals surface area contributed by atoms with Crippen LogP contribution in [0.4, 0.5) is 9.59 Å². The number of likely N-dealkylation sites (tertiary alicyclic amines) is 1. The molecule has 0 aromatic rings. The second-order valence-electron chi connectivity index (χ2n) is 6.93. The van der Waals surface area contributed by atoms with Crippen molar-refractivity contribution >= 4 is 12.2 Å². The fourth-order valence-electron chi connectivity index (χ4n) is 3.24. The highest BCUT2D eigenvalue weighted by atomic mass is 16.6. The number of carbonyl (C=O) groups excluding carboxylic acids is 2. The Kier molecular flexibility index (Phi) is 3.47. The summed E-state index contributed by atoms with van der Waals surface area (Å²) in [4.78, 5) is 27.6. The molecule has 3 aliphatic heterocycles. The number of rotatable bonds is 1. The second kappa shape index (κ2) is 5.05. The first-order chi connectivity index (χ1) is 9.85. The zero-order chi connectivity index (χ0) is 15.2. The van der Waals surface area contributed by atoms with Crippen molar-refractivity contribution in [2.45, 2.75) is 51.0 Å². The zero-order valence-electron chi connectivity index (χ0n) is 12.8. The predicted octanol–water partition coefficient (Wildman–Crippen LogP) is 0.788. The summed E-state index contributed by atoms with van der Waals surface area (Å²) < 4.78 is 10.8. The Hall–Kier alpha value is -1.50. The van der Waals surface area contributed by atoms with Gasteiger partial charge >= 0.3 is 12.2 Å². The molecule has 3 aliphatic rings. The van der Waals surface area contributed by atoms with Crippen LogP contribution in [0.3, 0.4) is 0 Å². The maximum atomic E-state index is 12.1. The Balaban J connectivity index is 1.66. The van der Waals surface area contributed by atoms with E-state index >= 15 is 0 Å². The maximum absolute atomic E-state index is 12.1. The number of nitrogens with one attached hydrogen (secondary N) is 1. The van der Waals surface area contributed by atoms with E-state index in [4.69, 9.17) is 9.47 Å². The highest BCUT2D eigenvalue weighted by molar-refractivity contribution is 5.74. The van der Waals surface area contributed by atoms with Gasteiger partial charge in [0, 0.05) is 19.1 Å². The monoisotopic (exact) mass is 297 g/mol. The highest BCUT2D eigenvalue weighted by Gasteiger charge is 2.51. The van der Waals surface area contributed by atoms with Gasteiger partial charge in [0.1, 0.15) is 11.7 Å². The van der Waals surface area contributed by atoms with Crippen LogP contribution in [0.25, 0.3) is 0 Å². The van der Waals surface area contributed by atoms with Gasteiger partial charge in [0.05, 0.1) is 12.6 Å². The molecule has 2 amide bonds. The molecule has 3 saturated heterocycles. The van der Waals surface area contributed by atoms with Crippen molar-refractivity contribution < 1.29 is 19.1 Å². The van der Waals surface area contributed by atoms with Crippen LogP contribution in [-0.2, 0) is 9.47 Å². The van der Waals surface area contributed by atoms with E-state index < -0.39 is 5.60 Å². The molecule has 0 radical (unpaired) electrons. The Bertz CT molecular complexity index is 442. The molecule has 0 saturated carbocycles. The van der Waals surface area contributed by atoms with Crippen LogP contribution in [0.5, 0.6) is 0 Å². The number of amides is 2. The van der Waals surface area contributed by atoms with E-state index in [1.807, 2.05) is 25.7 Å². The topological polar surface area (TPSA) is 71.1 Å². The number of nitrogens with zero attached hydrogens (tertiary/aromatic N) is 2. The van der Waals surface area contributed by atoms with Gasteiger partial charge in [-0.15, -0.1) is 0 Å². The summed E-state index contributed by atoms with van der Waals surface area (Å²) in [6.45, 7) is 8.16. The van der Waals surface area contributed by atoms with Crippen molar-refractivity contribution in [3.63, 3.8) is 0 Å². The van der Waals surface area contributed by atoms with Crippen LogP contribution in [0.2, 0.25) is 0 Å². The van der Waals surface area contributed by atoms with E-state index in [2.05, 4.69) is 5.32 Å². The summed E-state index contributed by atoms with van der Waals surface area (Å²) in [5.74, 6) is 0. The highest BCUT2D eigenvalue weighted by Crippen LogP contribution is 2.31. The van der Waals surface area contributed by atoms with E-state index in [1.54, 1.807) is 4.90 Å². The minimum atomic E-state index is -0.513. The van der Waals surface area contributed by atoms with Crippen molar-refractivity contribution in [2.75, 3.05) is 26.2 Å². The number of hydrogen-bond donors (Lipinski definition) is 1. The van der Waals surface area contributed by atoms with Crippen molar-refractivity contribution in [3.05, 3.63) is 0 Å². The number of hydrogen-bond acceptors (Lipinski definition) is 5. The molecule has 0 bridgehead atoms. The third kappa shape index (κ3) is 2.79. The molecule has 0 aromatic heterocycles. The smallest absolute Gasteiger partial charge is 0.410 e. The Labute approximate surface area is 124 Å². The minimum Gasteiger partial charge on any atom is -0.444 e. The Morgan fingerprint density at radius 3 is 2.76 bits per heavy atom. The standard InChI is InChI=1S/C14H23N3O4/c1-14(2,3)21-12(18)16-7-10-11(8-16)20-13(19)17(10)9-4-5-15-6-9/h9-11,15H,4-8H2,1-3H3. The lowest BCUT2D eigenvalue weighted by Gasteiger charge is -2.28. The number of fused-ring (bicyclic) bond motifs is 1. The van der Waals surface area contributed by atoms with Gasteiger partial charge in [-0.3, -0.25) is 4.90 Å². The lowest BCUT2D eigenvalue weighted by atomic mass is 10.1. The maximum Gasteiger partial charge on any atom is 0.410 e. The van der Waals surface area contributed by atoms with Crippen LogP contribution >= 0.6 is 0 Å². The summed E-state index contributed by atoms with van der Waals surface area (Å²) in [5.41, 5.74) is -0.513. The van der Waals surface area contributed by atoms with E-state index in [-0.39, 0.29) is 30.4 Å². The second-order valence-corrected chi connectivity index (χ2v) is 6.93. The molecule has 3 atom stereocenters. The van der Waals surface area contributed by atoms with E-state index in [9.17, 15) is 9.59 Å². The molecule has 0 aliphatic carbocycles. The van der Waals surface area contributed by atoms with Gasteiger partial charge in [-0.05, 0) is 33.7 Å². The molecule has 7 nitrogen and oxygen atoms in total. The molecule has 1 N–H and O–H groups in total. The van der Waals surface area contributed by atoms with Crippen molar-refractivity contribution in [1.82, 2.24) is 15.1 Å². The van der Waals surface area contributed by atoms with Gasteiger partial charge in [-0.25, -0.2) is 9.59 Å². The van der Waals surface area contributed by atoms with Gasteiger partial charge in [0.2, 0.25) is 0 Å². The van der Waals surface area contributed by atoms with Gasteiger partial charge in [0.25, 0.3) is 0 Å². The first-order valence-electron chi connectivity index (χ1n) is 7.53. The molecule has 3 unspecified atom stereocenters. The van der Waals surface area contributed by atoms with Gasteiger partial charge in [0.15, 0.2) is 0 Å². The van der Waals surface area contributed by atoms with E-state index in [0.29, 0.717) is 13.1 Å². The molecule has 0 aromatic carbocycles. The molecule has 7 heteroatoms. The van der Waals surface area contributed by atoms with Crippen LogP contribution in [0.1, 0.15) is 27.2 Å². The lowest BCUT2D eigenvalue weighted by molar-refractivity contribution is 0.0242. The zero-order valence-corrected chi connectivity index (χ0v) is 12.8. The van der Waals surface area contributed by atoms with Crippen molar-refractivity contribution in [2.24, 2.45) is 0 Å². The van der Waals surface area contributed by atoms with Crippen LogP contribution < -0.4 is 5.32 Å². The van der Waals surface area contributed by atoms with E-state index in [1.165, 1.54) is 0 Å². The third-order valence-electron chi connectivity index (χ3n) is 4.14. The SMILES string of the molecule is CC(C)(C)OC(=O)N1CC2OC(=O)N(C3CCNC3)C2C1. The molecule has 3 heterocycles. The van der Waals surface area contributed by atoms with Gasteiger partial charge < -0.3 is 19.7 Å². The molecule has 3 fully saturated rings. The first kappa shape index (κ1) is 14.4.